The van der Waals surface area contributed by atoms with E-state index in [4.69, 9.17) is 11.6 Å². The van der Waals surface area contributed by atoms with Gasteiger partial charge in [0.15, 0.2) is 5.78 Å². The van der Waals surface area contributed by atoms with Crippen LogP contribution in [-0.2, 0) is 16.0 Å². The van der Waals surface area contributed by atoms with Crippen LogP contribution in [0.2, 0.25) is 5.02 Å². The third-order valence-corrected chi connectivity index (χ3v) is 5.53. The average molecular weight is 397 g/mol. The van der Waals surface area contributed by atoms with Crippen molar-refractivity contribution < 1.29 is 14.4 Å². The van der Waals surface area contributed by atoms with Gasteiger partial charge in [0.2, 0.25) is 11.8 Å². The van der Waals surface area contributed by atoms with E-state index in [1.807, 2.05) is 23.1 Å². The standard InChI is InChI=1S/C22H21ClN2O3/c23-18-4-2-1-3-17(18)20(26)9-10-21(27)24-16-7-8-19-15(13-16)11-12-25(19)22(28)14-5-6-14/h1-4,7-8,13-14H,5-6,9-12H2,(H,24,27). The summed E-state index contributed by atoms with van der Waals surface area (Å²) in [5.41, 5.74) is 3.15. The van der Waals surface area contributed by atoms with Gasteiger partial charge in [0, 0.05) is 42.2 Å². The molecule has 1 saturated carbocycles. The molecule has 2 aromatic rings. The zero-order valence-electron chi connectivity index (χ0n) is 15.4. The van der Waals surface area contributed by atoms with Gasteiger partial charge in [-0.15, -0.1) is 0 Å². The number of rotatable bonds is 6. The number of nitrogens with one attached hydrogen (secondary N) is 1. The second-order valence-corrected chi connectivity index (χ2v) is 7.72. The predicted molar refractivity (Wildman–Crippen MR) is 109 cm³/mol. The number of halogens is 1. The molecule has 2 aliphatic rings. The number of ketones is 1. The molecule has 0 radical (unpaired) electrons. The summed E-state index contributed by atoms with van der Waals surface area (Å²) >= 11 is 6.03. The quantitative estimate of drug-likeness (QED) is 0.742. The highest BCUT2D eigenvalue weighted by molar-refractivity contribution is 6.34. The molecule has 0 spiro atoms. The monoisotopic (exact) mass is 396 g/mol. The molecule has 0 unspecified atom stereocenters. The molecule has 144 valence electrons. The minimum atomic E-state index is -0.218. The summed E-state index contributed by atoms with van der Waals surface area (Å²) in [4.78, 5) is 38.7. The lowest BCUT2D eigenvalue weighted by atomic mass is 10.1. The molecule has 1 heterocycles. The Balaban J connectivity index is 1.34. The second kappa shape index (κ2) is 7.76. The normalized spacial score (nSPS) is 15.2. The van der Waals surface area contributed by atoms with E-state index >= 15 is 0 Å². The molecule has 2 aromatic carbocycles. The van der Waals surface area contributed by atoms with Crippen LogP contribution in [0.15, 0.2) is 42.5 Å². The first kappa shape index (κ1) is 18.7. The van der Waals surface area contributed by atoms with Crippen molar-refractivity contribution >= 4 is 40.6 Å². The van der Waals surface area contributed by atoms with Gasteiger partial charge in [-0.25, -0.2) is 0 Å². The first-order chi connectivity index (χ1) is 13.5. The fourth-order valence-electron chi connectivity index (χ4n) is 3.53. The smallest absolute Gasteiger partial charge is 0.230 e. The number of benzene rings is 2. The first-order valence-electron chi connectivity index (χ1n) is 9.55. The first-order valence-corrected chi connectivity index (χ1v) is 9.92. The van der Waals surface area contributed by atoms with Crippen molar-refractivity contribution in [2.75, 3.05) is 16.8 Å². The number of Topliss-reactive ketones (excluding diaryl/α,β-unsaturated/α-hetero) is 1. The number of fused-ring (bicyclic) bond motifs is 1. The molecule has 6 heteroatoms. The molecule has 1 aliphatic carbocycles. The summed E-state index contributed by atoms with van der Waals surface area (Å²) in [6.45, 7) is 0.703. The van der Waals surface area contributed by atoms with Crippen LogP contribution in [0.3, 0.4) is 0 Å². The predicted octanol–water partition coefficient (Wildman–Crippen LogP) is 4.24. The molecule has 0 aromatic heterocycles. The lowest BCUT2D eigenvalue weighted by Crippen LogP contribution is -2.30. The number of carbonyl (C=O) groups is 3. The zero-order valence-corrected chi connectivity index (χ0v) is 16.2. The van der Waals surface area contributed by atoms with E-state index in [1.54, 1.807) is 24.3 Å². The van der Waals surface area contributed by atoms with Crippen molar-refractivity contribution in [1.29, 1.82) is 0 Å². The summed E-state index contributed by atoms with van der Waals surface area (Å²) in [6.07, 6.45) is 2.97. The van der Waals surface area contributed by atoms with Crippen LogP contribution < -0.4 is 10.2 Å². The minimum absolute atomic E-state index is 0.0907. The molecule has 1 fully saturated rings. The Bertz CT molecular complexity index is 953. The van der Waals surface area contributed by atoms with Crippen molar-refractivity contribution in [2.45, 2.75) is 32.1 Å². The molecule has 5 nitrogen and oxygen atoms in total. The fraction of sp³-hybridized carbons (Fsp3) is 0.318. The van der Waals surface area contributed by atoms with E-state index in [-0.39, 0.29) is 36.4 Å². The largest absolute Gasteiger partial charge is 0.326 e. The van der Waals surface area contributed by atoms with Crippen LogP contribution in [0, 0.1) is 5.92 Å². The van der Waals surface area contributed by atoms with Crippen molar-refractivity contribution in [2.24, 2.45) is 5.92 Å². The third kappa shape index (κ3) is 3.94. The summed E-state index contributed by atoms with van der Waals surface area (Å²) < 4.78 is 0. The van der Waals surface area contributed by atoms with E-state index < -0.39 is 0 Å². The van der Waals surface area contributed by atoms with E-state index in [0.29, 0.717) is 22.8 Å². The van der Waals surface area contributed by atoms with E-state index in [0.717, 1.165) is 30.5 Å². The Morgan fingerprint density at radius 2 is 1.86 bits per heavy atom. The Kier molecular flexibility index (Phi) is 5.18. The van der Waals surface area contributed by atoms with Gasteiger partial charge in [0.1, 0.15) is 0 Å². The Morgan fingerprint density at radius 1 is 1.07 bits per heavy atom. The van der Waals surface area contributed by atoms with Gasteiger partial charge in [0.25, 0.3) is 0 Å². The van der Waals surface area contributed by atoms with Gasteiger partial charge < -0.3 is 10.2 Å². The Morgan fingerprint density at radius 3 is 2.61 bits per heavy atom. The number of anilines is 2. The molecule has 4 rings (SSSR count). The summed E-state index contributed by atoms with van der Waals surface area (Å²) in [7, 11) is 0. The van der Waals surface area contributed by atoms with Crippen molar-refractivity contribution in [3.8, 4) is 0 Å². The van der Waals surface area contributed by atoms with Crippen molar-refractivity contribution in [1.82, 2.24) is 0 Å². The van der Waals surface area contributed by atoms with Crippen molar-refractivity contribution in [3.63, 3.8) is 0 Å². The Labute approximate surface area is 168 Å². The van der Waals surface area contributed by atoms with Crippen LogP contribution in [0.5, 0.6) is 0 Å². The van der Waals surface area contributed by atoms with Crippen molar-refractivity contribution in [3.05, 3.63) is 58.6 Å². The van der Waals surface area contributed by atoms with Crippen LogP contribution in [0.25, 0.3) is 0 Å². The topological polar surface area (TPSA) is 66.5 Å². The van der Waals surface area contributed by atoms with Gasteiger partial charge in [-0.2, -0.15) is 0 Å². The zero-order chi connectivity index (χ0) is 19.7. The van der Waals surface area contributed by atoms with Gasteiger partial charge in [-0.05, 0) is 55.2 Å². The average Bonchev–Trinajstić information content (AvgIpc) is 3.45. The minimum Gasteiger partial charge on any atom is -0.326 e. The van der Waals surface area contributed by atoms with E-state index in [2.05, 4.69) is 5.32 Å². The number of amides is 2. The molecule has 28 heavy (non-hydrogen) atoms. The van der Waals surface area contributed by atoms with Gasteiger partial charge >= 0.3 is 0 Å². The maximum Gasteiger partial charge on any atom is 0.230 e. The highest BCUT2D eigenvalue weighted by Crippen LogP contribution is 2.37. The summed E-state index contributed by atoms with van der Waals surface area (Å²) in [5, 5.41) is 3.24. The second-order valence-electron chi connectivity index (χ2n) is 7.31. The SMILES string of the molecule is O=C(CCC(=O)c1ccccc1Cl)Nc1ccc2c(c1)CCN2C(=O)C1CC1. The van der Waals surface area contributed by atoms with Crippen LogP contribution in [0.4, 0.5) is 11.4 Å². The molecule has 1 aliphatic heterocycles. The maximum atomic E-state index is 12.3. The van der Waals surface area contributed by atoms with Crippen LogP contribution in [-0.4, -0.2) is 24.1 Å². The van der Waals surface area contributed by atoms with Gasteiger partial charge in [0.05, 0.1) is 5.02 Å². The highest BCUT2D eigenvalue weighted by Gasteiger charge is 2.36. The summed E-state index contributed by atoms with van der Waals surface area (Å²) in [5.74, 6) is 0.0443. The summed E-state index contributed by atoms with van der Waals surface area (Å²) in [6, 6.07) is 12.5. The fourth-order valence-corrected chi connectivity index (χ4v) is 3.77. The molecule has 2 amide bonds. The Hall–Kier alpha value is -2.66. The maximum absolute atomic E-state index is 12.3. The van der Waals surface area contributed by atoms with Crippen LogP contribution in [0.1, 0.15) is 41.6 Å². The number of carbonyl (C=O) groups excluding carboxylic acids is 3. The molecule has 1 N–H and O–H groups in total. The number of hydrogen-bond donors (Lipinski definition) is 1. The lowest BCUT2D eigenvalue weighted by Gasteiger charge is -2.17. The molecule has 0 saturated heterocycles. The highest BCUT2D eigenvalue weighted by atomic mass is 35.5. The lowest BCUT2D eigenvalue weighted by molar-refractivity contribution is -0.119. The number of hydrogen-bond acceptors (Lipinski definition) is 3. The van der Waals surface area contributed by atoms with Gasteiger partial charge in [-0.3, -0.25) is 14.4 Å². The molecule has 0 bridgehead atoms. The van der Waals surface area contributed by atoms with Crippen LogP contribution >= 0.6 is 11.6 Å². The molecular formula is C22H21ClN2O3. The van der Waals surface area contributed by atoms with E-state index in [9.17, 15) is 14.4 Å². The molecule has 0 atom stereocenters. The third-order valence-electron chi connectivity index (χ3n) is 5.20. The molecular weight excluding hydrogens is 376 g/mol. The van der Waals surface area contributed by atoms with Gasteiger partial charge in [-0.1, -0.05) is 23.7 Å². The van der Waals surface area contributed by atoms with E-state index in [1.165, 1.54) is 0 Å². The number of nitrogens with zero attached hydrogens (tertiary/aromatic N) is 1.